The zero-order chi connectivity index (χ0) is 13.5. The van der Waals surface area contributed by atoms with Gasteiger partial charge in [-0.15, -0.1) is 0 Å². The Bertz CT molecular complexity index is 478. The molecule has 0 radical (unpaired) electrons. The van der Waals surface area contributed by atoms with E-state index in [1.807, 2.05) is 37.4 Å². The molecule has 0 aliphatic rings. The molecule has 0 saturated heterocycles. The van der Waals surface area contributed by atoms with Crippen LogP contribution in [0.15, 0.2) is 54.6 Å². The van der Waals surface area contributed by atoms with Crippen LogP contribution in [-0.4, -0.2) is 13.1 Å². The van der Waals surface area contributed by atoms with Gasteiger partial charge in [0.1, 0.15) is 12.4 Å². The van der Waals surface area contributed by atoms with Gasteiger partial charge in [0.25, 0.3) is 0 Å². The summed E-state index contributed by atoms with van der Waals surface area (Å²) in [5.41, 5.74) is 2.52. The van der Waals surface area contributed by atoms with E-state index < -0.39 is 0 Å². The molecule has 0 heterocycles. The average molecular weight is 255 g/mol. The molecule has 2 rings (SSSR count). The van der Waals surface area contributed by atoms with E-state index in [9.17, 15) is 0 Å². The second-order valence-electron chi connectivity index (χ2n) is 4.81. The first-order valence-electron chi connectivity index (χ1n) is 6.71. The normalized spacial score (nSPS) is 12.1. The molecule has 0 aromatic heterocycles. The van der Waals surface area contributed by atoms with Crippen molar-refractivity contribution < 1.29 is 4.74 Å². The number of likely N-dealkylation sites (N-methyl/N-ethyl adjacent to an activating group) is 1. The molecule has 1 atom stereocenters. The molecule has 2 aromatic rings. The number of rotatable bonds is 6. The van der Waals surface area contributed by atoms with E-state index in [1.54, 1.807) is 0 Å². The van der Waals surface area contributed by atoms with Crippen molar-refractivity contribution in [2.45, 2.75) is 26.0 Å². The SMILES string of the molecule is CN[C@H](C)Cc1ccc(OCc2ccccc2)cc1. The number of nitrogens with one attached hydrogen (secondary N) is 1. The van der Waals surface area contributed by atoms with Crippen LogP contribution in [0.2, 0.25) is 0 Å². The average Bonchev–Trinajstić information content (AvgIpc) is 2.47. The molecular weight excluding hydrogens is 234 g/mol. The van der Waals surface area contributed by atoms with Crippen molar-refractivity contribution in [3.8, 4) is 5.75 Å². The third-order valence-corrected chi connectivity index (χ3v) is 3.21. The van der Waals surface area contributed by atoms with Gasteiger partial charge in [0.05, 0.1) is 0 Å². The molecular formula is C17H21NO. The van der Waals surface area contributed by atoms with Gasteiger partial charge in [-0.2, -0.15) is 0 Å². The second-order valence-corrected chi connectivity index (χ2v) is 4.81. The number of hydrogen-bond acceptors (Lipinski definition) is 2. The summed E-state index contributed by atoms with van der Waals surface area (Å²) in [5.74, 6) is 0.921. The van der Waals surface area contributed by atoms with Crippen LogP contribution in [-0.2, 0) is 13.0 Å². The van der Waals surface area contributed by atoms with Gasteiger partial charge >= 0.3 is 0 Å². The lowest BCUT2D eigenvalue weighted by Gasteiger charge is -2.11. The van der Waals surface area contributed by atoms with Crippen LogP contribution >= 0.6 is 0 Å². The Labute approximate surface area is 115 Å². The fraction of sp³-hybridized carbons (Fsp3) is 0.294. The number of hydrogen-bond donors (Lipinski definition) is 1. The molecule has 0 fully saturated rings. The first kappa shape index (κ1) is 13.6. The van der Waals surface area contributed by atoms with E-state index in [1.165, 1.54) is 11.1 Å². The van der Waals surface area contributed by atoms with Crippen molar-refractivity contribution in [2.24, 2.45) is 0 Å². The van der Waals surface area contributed by atoms with Crippen molar-refractivity contribution in [2.75, 3.05) is 7.05 Å². The fourth-order valence-electron chi connectivity index (χ4n) is 1.92. The quantitative estimate of drug-likeness (QED) is 0.854. The highest BCUT2D eigenvalue weighted by Crippen LogP contribution is 2.15. The summed E-state index contributed by atoms with van der Waals surface area (Å²) in [6.45, 7) is 2.80. The van der Waals surface area contributed by atoms with Crippen LogP contribution in [0.3, 0.4) is 0 Å². The molecule has 0 aliphatic heterocycles. The summed E-state index contributed by atoms with van der Waals surface area (Å²) >= 11 is 0. The minimum absolute atomic E-state index is 0.496. The summed E-state index contributed by atoms with van der Waals surface area (Å²) in [6.07, 6.45) is 1.04. The van der Waals surface area contributed by atoms with Crippen LogP contribution < -0.4 is 10.1 Å². The minimum atomic E-state index is 0.496. The highest BCUT2D eigenvalue weighted by molar-refractivity contribution is 5.28. The highest BCUT2D eigenvalue weighted by atomic mass is 16.5. The van der Waals surface area contributed by atoms with Gasteiger partial charge in [-0.1, -0.05) is 42.5 Å². The zero-order valence-electron chi connectivity index (χ0n) is 11.6. The van der Waals surface area contributed by atoms with Gasteiger partial charge in [0.2, 0.25) is 0 Å². The summed E-state index contributed by atoms with van der Waals surface area (Å²) in [5, 5.41) is 3.24. The van der Waals surface area contributed by atoms with Crippen molar-refractivity contribution in [1.29, 1.82) is 0 Å². The Hall–Kier alpha value is -1.80. The molecule has 0 unspecified atom stereocenters. The molecule has 2 aromatic carbocycles. The summed E-state index contributed by atoms with van der Waals surface area (Å²) in [6, 6.07) is 19.1. The molecule has 0 spiro atoms. The molecule has 100 valence electrons. The largest absolute Gasteiger partial charge is 0.489 e. The van der Waals surface area contributed by atoms with E-state index in [4.69, 9.17) is 4.74 Å². The van der Waals surface area contributed by atoms with E-state index in [0.29, 0.717) is 12.6 Å². The Balaban J connectivity index is 1.88. The minimum Gasteiger partial charge on any atom is -0.489 e. The van der Waals surface area contributed by atoms with Gasteiger partial charge < -0.3 is 10.1 Å². The third-order valence-electron chi connectivity index (χ3n) is 3.21. The molecule has 19 heavy (non-hydrogen) atoms. The van der Waals surface area contributed by atoms with E-state index >= 15 is 0 Å². The van der Waals surface area contributed by atoms with Crippen LogP contribution in [0.25, 0.3) is 0 Å². The summed E-state index contributed by atoms with van der Waals surface area (Å²) in [4.78, 5) is 0. The second kappa shape index (κ2) is 6.95. The predicted octanol–water partition coefficient (Wildman–Crippen LogP) is 3.42. The maximum Gasteiger partial charge on any atom is 0.119 e. The lowest BCUT2D eigenvalue weighted by Crippen LogP contribution is -2.23. The van der Waals surface area contributed by atoms with Crippen molar-refractivity contribution in [3.05, 3.63) is 65.7 Å². The molecule has 0 bridgehead atoms. The molecule has 0 aliphatic carbocycles. The molecule has 0 saturated carbocycles. The van der Waals surface area contributed by atoms with Crippen LogP contribution in [0.5, 0.6) is 5.75 Å². The molecule has 0 amide bonds. The molecule has 2 heteroatoms. The number of benzene rings is 2. The van der Waals surface area contributed by atoms with Gasteiger partial charge in [-0.3, -0.25) is 0 Å². The van der Waals surface area contributed by atoms with E-state index in [0.717, 1.165) is 12.2 Å². The smallest absolute Gasteiger partial charge is 0.119 e. The fourth-order valence-corrected chi connectivity index (χ4v) is 1.92. The van der Waals surface area contributed by atoms with Gasteiger partial charge in [-0.05, 0) is 43.7 Å². The highest BCUT2D eigenvalue weighted by Gasteiger charge is 2.01. The van der Waals surface area contributed by atoms with Crippen LogP contribution in [0.1, 0.15) is 18.1 Å². The van der Waals surface area contributed by atoms with Gasteiger partial charge in [0.15, 0.2) is 0 Å². The van der Waals surface area contributed by atoms with E-state index in [-0.39, 0.29) is 0 Å². The topological polar surface area (TPSA) is 21.3 Å². The number of ether oxygens (including phenoxy) is 1. The monoisotopic (exact) mass is 255 g/mol. The third kappa shape index (κ3) is 4.42. The molecule has 1 N–H and O–H groups in total. The standard InChI is InChI=1S/C17H21NO/c1-14(18-2)12-15-8-10-17(11-9-15)19-13-16-6-4-3-5-7-16/h3-11,14,18H,12-13H2,1-2H3/t14-/m1/s1. The Kier molecular flexibility index (Phi) is 4.99. The Morgan fingerprint density at radius 3 is 2.26 bits per heavy atom. The van der Waals surface area contributed by atoms with Crippen LogP contribution in [0.4, 0.5) is 0 Å². The van der Waals surface area contributed by atoms with Crippen LogP contribution in [0, 0.1) is 0 Å². The maximum atomic E-state index is 5.76. The summed E-state index contributed by atoms with van der Waals surface area (Å²) < 4.78 is 5.76. The molecule has 2 nitrogen and oxygen atoms in total. The van der Waals surface area contributed by atoms with E-state index in [2.05, 4.69) is 36.5 Å². The van der Waals surface area contributed by atoms with Gasteiger partial charge in [0, 0.05) is 6.04 Å². The lowest BCUT2D eigenvalue weighted by molar-refractivity contribution is 0.306. The summed E-state index contributed by atoms with van der Waals surface area (Å²) in [7, 11) is 1.99. The van der Waals surface area contributed by atoms with Crippen molar-refractivity contribution in [3.63, 3.8) is 0 Å². The lowest BCUT2D eigenvalue weighted by atomic mass is 10.1. The van der Waals surface area contributed by atoms with Crippen molar-refractivity contribution in [1.82, 2.24) is 5.32 Å². The van der Waals surface area contributed by atoms with Crippen molar-refractivity contribution >= 4 is 0 Å². The first-order chi connectivity index (χ1) is 9.28. The van der Waals surface area contributed by atoms with Gasteiger partial charge in [-0.25, -0.2) is 0 Å². The zero-order valence-corrected chi connectivity index (χ0v) is 11.6. The Morgan fingerprint density at radius 2 is 1.63 bits per heavy atom. The predicted molar refractivity (Wildman–Crippen MR) is 79.4 cm³/mol. The first-order valence-corrected chi connectivity index (χ1v) is 6.71. The maximum absolute atomic E-state index is 5.76. The Morgan fingerprint density at radius 1 is 0.947 bits per heavy atom.